The number of imidazole rings is 1. The fourth-order valence-corrected chi connectivity index (χ4v) is 2.36. The van der Waals surface area contributed by atoms with E-state index in [0.29, 0.717) is 18.5 Å². The van der Waals surface area contributed by atoms with E-state index in [-0.39, 0.29) is 11.1 Å². The molecule has 0 amide bonds. The molecule has 5 nitrogen and oxygen atoms in total. The van der Waals surface area contributed by atoms with Crippen molar-refractivity contribution in [3.05, 3.63) is 29.8 Å². The van der Waals surface area contributed by atoms with E-state index in [4.69, 9.17) is 9.84 Å². The van der Waals surface area contributed by atoms with Crippen molar-refractivity contribution in [2.24, 2.45) is 5.92 Å². The molecule has 2 atom stereocenters. The van der Waals surface area contributed by atoms with Crippen molar-refractivity contribution in [3.63, 3.8) is 0 Å². The minimum atomic E-state index is -0.959. The number of nitrogens with one attached hydrogen (secondary N) is 1. The largest absolute Gasteiger partial charge is 0.481 e. The van der Waals surface area contributed by atoms with Gasteiger partial charge in [-0.2, -0.15) is 0 Å². The number of aliphatic carboxylic acids is 1. The van der Waals surface area contributed by atoms with Crippen LogP contribution in [-0.2, 0) is 9.53 Å². The number of benzene rings is 1. The summed E-state index contributed by atoms with van der Waals surface area (Å²) in [5, 5.41) is 9.08. The van der Waals surface area contributed by atoms with Gasteiger partial charge in [-0.3, -0.25) is 4.79 Å². The summed E-state index contributed by atoms with van der Waals surface area (Å²) in [5.74, 6) is -2.16. The Bertz CT molecular complexity index is 610. The maximum absolute atomic E-state index is 14.2. The molecule has 0 saturated carbocycles. The van der Waals surface area contributed by atoms with Gasteiger partial charge < -0.3 is 14.8 Å². The molecule has 94 valence electrons. The highest BCUT2D eigenvalue weighted by Gasteiger charge is 2.37. The number of H-pyrrole nitrogens is 1. The summed E-state index contributed by atoms with van der Waals surface area (Å²) in [6, 6.07) is 3.24. The van der Waals surface area contributed by atoms with E-state index in [9.17, 15) is 9.18 Å². The van der Waals surface area contributed by atoms with Crippen LogP contribution in [0.2, 0.25) is 0 Å². The molecule has 1 saturated heterocycles. The highest BCUT2D eigenvalue weighted by Crippen LogP contribution is 2.37. The summed E-state index contributed by atoms with van der Waals surface area (Å²) in [7, 11) is 0. The molecule has 2 heterocycles. The second-order valence-corrected chi connectivity index (χ2v) is 4.29. The predicted molar refractivity (Wildman–Crippen MR) is 60.5 cm³/mol. The van der Waals surface area contributed by atoms with Gasteiger partial charge in [0.25, 0.3) is 0 Å². The van der Waals surface area contributed by atoms with Crippen LogP contribution in [0.3, 0.4) is 0 Å². The molecule has 0 aliphatic carbocycles. The normalized spacial score (nSPS) is 23.6. The molecule has 2 unspecified atom stereocenters. The smallest absolute Gasteiger partial charge is 0.309 e. The summed E-state index contributed by atoms with van der Waals surface area (Å²) in [6.45, 7) is 0.333. The number of ether oxygens (including phenoxy) is 1. The Hall–Kier alpha value is -1.95. The lowest BCUT2D eigenvalue weighted by atomic mass is 9.95. The Morgan fingerprint density at radius 2 is 2.39 bits per heavy atom. The van der Waals surface area contributed by atoms with Gasteiger partial charge in [0.2, 0.25) is 0 Å². The van der Waals surface area contributed by atoms with Crippen LogP contribution >= 0.6 is 0 Å². The van der Waals surface area contributed by atoms with Gasteiger partial charge in [0.1, 0.15) is 5.52 Å². The molecule has 2 N–H and O–H groups in total. The first-order valence-electron chi connectivity index (χ1n) is 5.64. The third-order valence-electron chi connectivity index (χ3n) is 3.28. The van der Waals surface area contributed by atoms with Gasteiger partial charge >= 0.3 is 5.97 Å². The van der Waals surface area contributed by atoms with Crippen molar-refractivity contribution in [2.75, 3.05) is 6.61 Å². The number of hydrogen-bond acceptors (Lipinski definition) is 3. The Morgan fingerprint density at radius 3 is 3.17 bits per heavy atom. The fraction of sp³-hybridized carbons (Fsp3) is 0.333. The number of fused-ring (bicyclic) bond motifs is 1. The molecule has 18 heavy (non-hydrogen) atoms. The minimum absolute atomic E-state index is 0.215. The van der Waals surface area contributed by atoms with Crippen LogP contribution < -0.4 is 0 Å². The maximum atomic E-state index is 14.2. The van der Waals surface area contributed by atoms with Gasteiger partial charge in [-0.1, -0.05) is 6.07 Å². The second-order valence-electron chi connectivity index (χ2n) is 4.29. The number of carboxylic acid groups (broad SMARTS) is 1. The molecule has 2 aromatic rings. The standard InChI is InChI=1S/C12H11FN2O3/c13-9-6(1-2-8-10(9)15-5-14-8)11-7(12(16)17)3-4-18-11/h1-2,5,7,11H,3-4H2,(H,14,15)(H,16,17). The quantitative estimate of drug-likeness (QED) is 0.853. The molecule has 1 fully saturated rings. The lowest BCUT2D eigenvalue weighted by Gasteiger charge is -2.16. The number of nitrogens with zero attached hydrogens (tertiary/aromatic N) is 1. The van der Waals surface area contributed by atoms with Gasteiger partial charge in [0, 0.05) is 12.2 Å². The number of halogens is 1. The van der Waals surface area contributed by atoms with Gasteiger partial charge in [0.15, 0.2) is 5.82 Å². The summed E-state index contributed by atoms with van der Waals surface area (Å²) < 4.78 is 19.6. The van der Waals surface area contributed by atoms with E-state index in [2.05, 4.69) is 9.97 Å². The number of aromatic nitrogens is 2. The molecule has 1 aliphatic rings. The SMILES string of the molecule is O=C(O)C1CCOC1c1ccc2[nH]cnc2c1F. The average Bonchev–Trinajstić information content (AvgIpc) is 2.97. The topological polar surface area (TPSA) is 75.2 Å². The zero-order chi connectivity index (χ0) is 12.7. The van der Waals surface area contributed by atoms with Gasteiger partial charge in [-0.05, 0) is 12.5 Å². The molecule has 1 aromatic carbocycles. The molecule has 1 aliphatic heterocycles. The third-order valence-corrected chi connectivity index (χ3v) is 3.28. The van der Waals surface area contributed by atoms with Crippen molar-refractivity contribution < 1.29 is 19.0 Å². The van der Waals surface area contributed by atoms with E-state index in [0.717, 1.165) is 0 Å². The summed E-state index contributed by atoms with van der Waals surface area (Å²) in [4.78, 5) is 17.8. The zero-order valence-corrected chi connectivity index (χ0v) is 9.39. The fourth-order valence-electron chi connectivity index (χ4n) is 2.36. The van der Waals surface area contributed by atoms with Crippen LogP contribution in [0.25, 0.3) is 11.0 Å². The molecular weight excluding hydrogens is 239 g/mol. The lowest BCUT2D eigenvalue weighted by Crippen LogP contribution is -2.18. The van der Waals surface area contributed by atoms with E-state index in [1.165, 1.54) is 6.33 Å². The van der Waals surface area contributed by atoms with Crippen molar-refractivity contribution >= 4 is 17.0 Å². The Balaban J connectivity index is 2.08. The summed E-state index contributed by atoms with van der Waals surface area (Å²) in [5.41, 5.74) is 1.06. The van der Waals surface area contributed by atoms with Crippen LogP contribution in [0.4, 0.5) is 4.39 Å². The lowest BCUT2D eigenvalue weighted by molar-refractivity contribution is -0.143. The van der Waals surface area contributed by atoms with E-state index < -0.39 is 23.8 Å². The zero-order valence-electron chi connectivity index (χ0n) is 9.39. The van der Waals surface area contributed by atoms with E-state index in [1.807, 2.05) is 0 Å². The Morgan fingerprint density at radius 1 is 1.56 bits per heavy atom. The molecule has 6 heteroatoms. The molecule has 1 aromatic heterocycles. The predicted octanol–water partition coefficient (Wildman–Crippen LogP) is 1.86. The third kappa shape index (κ3) is 1.57. The number of hydrogen-bond donors (Lipinski definition) is 2. The van der Waals surface area contributed by atoms with Crippen molar-refractivity contribution in [3.8, 4) is 0 Å². The number of carbonyl (C=O) groups is 1. The van der Waals surface area contributed by atoms with Crippen molar-refractivity contribution in [2.45, 2.75) is 12.5 Å². The average molecular weight is 250 g/mol. The molecule has 0 spiro atoms. The molecule has 0 bridgehead atoms. The first-order valence-corrected chi connectivity index (χ1v) is 5.64. The van der Waals surface area contributed by atoms with Crippen LogP contribution in [0, 0.1) is 11.7 Å². The van der Waals surface area contributed by atoms with Gasteiger partial charge in [-0.15, -0.1) is 0 Å². The molecule has 0 radical (unpaired) electrons. The highest BCUT2D eigenvalue weighted by molar-refractivity contribution is 5.77. The van der Waals surface area contributed by atoms with Crippen LogP contribution in [0.15, 0.2) is 18.5 Å². The minimum Gasteiger partial charge on any atom is -0.481 e. The number of rotatable bonds is 2. The molecule has 3 rings (SSSR count). The van der Waals surface area contributed by atoms with E-state index in [1.54, 1.807) is 12.1 Å². The maximum Gasteiger partial charge on any atom is 0.309 e. The van der Waals surface area contributed by atoms with Gasteiger partial charge in [0.05, 0.1) is 23.9 Å². The van der Waals surface area contributed by atoms with E-state index >= 15 is 0 Å². The molecular formula is C12H11FN2O3. The van der Waals surface area contributed by atoms with Crippen LogP contribution in [0.1, 0.15) is 18.1 Å². The second kappa shape index (κ2) is 4.06. The van der Waals surface area contributed by atoms with Crippen LogP contribution in [-0.4, -0.2) is 27.7 Å². The Kier molecular flexibility index (Phi) is 2.52. The summed E-state index contributed by atoms with van der Waals surface area (Å²) >= 11 is 0. The van der Waals surface area contributed by atoms with Crippen LogP contribution in [0.5, 0.6) is 0 Å². The van der Waals surface area contributed by atoms with Crippen molar-refractivity contribution in [1.82, 2.24) is 9.97 Å². The first kappa shape index (κ1) is 11.2. The van der Waals surface area contributed by atoms with Crippen molar-refractivity contribution in [1.29, 1.82) is 0 Å². The first-order chi connectivity index (χ1) is 8.68. The monoisotopic (exact) mass is 250 g/mol. The van der Waals surface area contributed by atoms with Gasteiger partial charge in [-0.25, -0.2) is 9.37 Å². The Labute approximate surface area is 102 Å². The number of aromatic amines is 1. The number of carboxylic acids is 1. The highest BCUT2D eigenvalue weighted by atomic mass is 19.1. The summed E-state index contributed by atoms with van der Waals surface area (Å²) in [6.07, 6.45) is 1.07.